The summed E-state index contributed by atoms with van der Waals surface area (Å²) >= 11 is 0. The maximum Gasteiger partial charge on any atom is 0.221 e. The summed E-state index contributed by atoms with van der Waals surface area (Å²) in [4.78, 5) is 13.9. The van der Waals surface area contributed by atoms with Crippen LogP contribution < -0.4 is 10.6 Å². The number of nitrogens with one attached hydrogen (secondary N) is 2. The monoisotopic (exact) mass is 227 g/mol. The quantitative estimate of drug-likeness (QED) is 0.626. The van der Waals surface area contributed by atoms with Gasteiger partial charge in [-0.05, 0) is 32.5 Å². The average molecular weight is 227 g/mol. The molecular weight excluding hydrogens is 202 g/mol. The zero-order valence-electron chi connectivity index (χ0n) is 10.6. The molecule has 0 radical (unpaired) electrons. The number of likely N-dealkylation sites (N-methyl/N-ethyl adjacent to an activating group) is 1. The van der Waals surface area contributed by atoms with Crippen LogP contribution in [0, 0.1) is 0 Å². The summed E-state index contributed by atoms with van der Waals surface area (Å²) in [5.74, 6) is 0.170. The average Bonchev–Trinajstić information content (AvgIpc) is 2.74. The molecule has 1 atom stereocenters. The molecule has 1 rings (SSSR count). The summed E-state index contributed by atoms with van der Waals surface area (Å²) in [5, 5.41) is 6.18. The van der Waals surface area contributed by atoms with Gasteiger partial charge in [-0.3, -0.25) is 9.69 Å². The molecule has 0 saturated carbocycles. The fraction of sp³-hybridized carbons (Fsp3) is 0.917. The van der Waals surface area contributed by atoms with Gasteiger partial charge in [0.15, 0.2) is 0 Å². The molecule has 1 heterocycles. The Hall–Kier alpha value is -0.610. The first-order chi connectivity index (χ1) is 7.77. The van der Waals surface area contributed by atoms with Crippen molar-refractivity contribution < 1.29 is 4.79 Å². The second kappa shape index (κ2) is 7.63. The van der Waals surface area contributed by atoms with Gasteiger partial charge in [-0.1, -0.05) is 13.8 Å². The van der Waals surface area contributed by atoms with Gasteiger partial charge >= 0.3 is 0 Å². The van der Waals surface area contributed by atoms with E-state index in [1.807, 2.05) is 0 Å². The molecule has 1 fully saturated rings. The van der Waals surface area contributed by atoms with E-state index in [2.05, 4.69) is 29.4 Å². The smallest absolute Gasteiger partial charge is 0.221 e. The highest BCUT2D eigenvalue weighted by molar-refractivity contribution is 5.76. The second-order valence-corrected chi connectivity index (χ2v) is 4.33. The van der Waals surface area contributed by atoms with Gasteiger partial charge in [0, 0.05) is 25.6 Å². The van der Waals surface area contributed by atoms with E-state index in [0.717, 1.165) is 26.2 Å². The van der Waals surface area contributed by atoms with Crippen LogP contribution >= 0.6 is 0 Å². The molecule has 0 spiro atoms. The van der Waals surface area contributed by atoms with Crippen molar-refractivity contribution in [3.05, 3.63) is 0 Å². The van der Waals surface area contributed by atoms with Gasteiger partial charge in [0.2, 0.25) is 5.91 Å². The summed E-state index contributed by atoms with van der Waals surface area (Å²) in [6, 6.07) is 0.563. The van der Waals surface area contributed by atoms with E-state index in [9.17, 15) is 4.79 Å². The zero-order chi connectivity index (χ0) is 11.8. The molecule has 16 heavy (non-hydrogen) atoms. The standard InChI is InChI=1S/C12H25N3O/c1-3-13-8-7-12(16)14-10-11-6-5-9-15(11)4-2/h11,13H,3-10H2,1-2H3,(H,14,16). The maximum absolute atomic E-state index is 11.5. The molecule has 0 aromatic carbocycles. The summed E-state index contributed by atoms with van der Waals surface area (Å²) in [6.07, 6.45) is 3.08. The number of rotatable bonds is 7. The molecule has 0 bridgehead atoms. The highest BCUT2D eigenvalue weighted by Gasteiger charge is 2.22. The lowest BCUT2D eigenvalue weighted by molar-refractivity contribution is -0.121. The second-order valence-electron chi connectivity index (χ2n) is 4.33. The first-order valence-electron chi connectivity index (χ1n) is 6.49. The fourth-order valence-electron chi connectivity index (χ4n) is 2.24. The van der Waals surface area contributed by atoms with Gasteiger partial charge in [0.05, 0.1) is 0 Å². The molecule has 4 heteroatoms. The third-order valence-corrected chi connectivity index (χ3v) is 3.22. The molecule has 1 amide bonds. The first kappa shape index (κ1) is 13.5. The highest BCUT2D eigenvalue weighted by atomic mass is 16.1. The molecular formula is C12H25N3O. The minimum absolute atomic E-state index is 0.170. The topological polar surface area (TPSA) is 44.4 Å². The number of carbonyl (C=O) groups excluding carboxylic acids is 1. The van der Waals surface area contributed by atoms with Crippen LogP contribution in [-0.4, -0.2) is 49.6 Å². The van der Waals surface area contributed by atoms with E-state index in [1.165, 1.54) is 19.4 Å². The minimum atomic E-state index is 0.170. The predicted molar refractivity (Wildman–Crippen MR) is 66.4 cm³/mol. The largest absolute Gasteiger partial charge is 0.354 e. The van der Waals surface area contributed by atoms with Crippen molar-refractivity contribution in [3.63, 3.8) is 0 Å². The lowest BCUT2D eigenvalue weighted by Crippen LogP contribution is -2.40. The summed E-state index contributed by atoms with van der Waals surface area (Å²) in [7, 11) is 0. The Balaban J connectivity index is 2.11. The number of nitrogens with zero attached hydrogens (tertiary/aromatic N) is 1. The molecule has 0 aromatic heterocycles. The molecule has 94 valence electrons. The Morgan fingerprint density at radius 1 is 1.44 bits per heavy atom. The number of hydrogen-bond acceptors (Lipinski definition) is 3. The van der Waals surface area contributed by atoms with E-state index in [4.69, 9.17) is 0 Å². The van der Waals surface area contributed by atoms with Gasteiger partial charge in [0.25, 0.3) is 0 Å². The number of amides is 1. The van der Waals surface area contributed by atoms with Crippen LogP contribution in [0.2, 0.25) is 0 Å². The third kappa shape index (κ3) is 4.49. The summed E-state index contributed by atoms with van der Waals surface area (Å²) < 4.78 is 0. The molecule has 1 aliphatic heterocycles. The van der Waals surface area contributed by atoms with E-state index >= 15 is 0 Å². The van der Waals surface area contributed by atoms with Crippen molar-refractivity contribution in [2.75, 3.05) is 32.7 Å². The Bertz CT molecular complexity index is 208. The molecule has 4 nitrogen and oxygen atoms in total. The first-order valence-corrected chi connectivity index (χ1v) is 6.49. The number of hydrogen-bond donors (Lipinski definition) is 2. The van der Waals surface area contributed by atoms with Crippen LogP contribution in [0.3, 0.4) is 0 Å². The molecule has 1 aliphatic rings. The molecule has 0 aromatic rings. The summed E-state index contributed by atoms with van der Waals surface area (Å²) in [5.41, 5.74) is 0. The zero-order valence-corrected chi connectivity index (χ0v) is 10.6. The van der Waals surface area contributed by atoms with Crippen LogP contribution in [0.1, 0.15) is 33.1 Å². The minimum Gasteiger partial charge on any atom is -0.354 e. The van der Waals surface area contributed by atoms with E-state index < -0.39 is 0 Å². The number of likely N-dealkylation sites (tertiary alicyclic amines) is 1. The van der Waals surface area contributed by atoms with Crippen LogP contribution in [0.25, 0.3) is 0 Å². The normalized spacial score (nSPS) is 21.2. The van der Waals surface area contributed by atoms with Gasteiger partial charge in [0.1, 0.15) is 0 Å². The number of carbonyl (C=O) groups is 1. The van der Waals surface area contributed by atoms with Crippen molar-refractivity contribution >= 4 is 5.91 Å². The SMILES string of the molecule is CCNCCC(=O)NCC1CCCN1CC. The summed E-state index contributed by atoms with van der Waals surface area (Å²) in [6.45, 7) is 9.05. The van der Waals surface area contributed by atoms with Crippen molar-refractivity contribution in [3.8, 4) is 0 Å². The molecule has 2 N–H and O–H groups in total. The lowest BCUT2D eigenvalue weighted by Gasteiger charge is -2.22. The Labute approximate surface area is 98.8 Å². The van der Waals surface area contributed by atoms with Crippen molar-refractivity contribution in [1.82, 2.24) is 15.5 Å². The van der Waals surface area contributed by atoms with E-state index in [0.29, 0.717) is 12.5 Å². The third-order valence-electron chi connectivity index (χ3n) is 3.22. The van der Waals surface area contributed by atoms with E-state index in [1.54, 1.807) is 0 Å². The van der Waals surface area contributed by atoms with Crippen LogP contribution in [-0.2, 0) is 4.79 Å². The molecule has 1 saturated heterocycles. The van der Waals surface area contributed by atoms with Crippen LogP contribution in [0.15, 0.2) is 0 Å². The van der Waals surface area contributed by atoms with Gasteiger partial charge < -0.3 is 10.6 Å². The van der Waals surface area contributed by atoms with Gasteiger partial charge in [-0.15, -0.1) is 0 Å². The fourth-order valence-corrected chi connectivity index (χ4v) is 2.24. The van der Waals surface area contributed by atoms with E-state index in [-0.39, 0.29) is 5.91 Å². The molecule has 1 unspecified atom stereocenters. The maximum atomic E-state index is 11.5. The van der Waals surface area contributed by atoms with Crippen LogP contribution in [0.4, 0.5) is 0 Å². The van der Waals surface area contributed by atoms with Gasteiger partial charge in [-0.2, -0.15) is 0 Å². The lowest BCUT2D eigenvalue weighted by atomic mass is 10.2. The van der Waals surface area contributed by atoms with Gasteiger partial charge in [-0.25, -0.2) is 0 Å². The van der Waals surface area contributed by atoms with Crippen molar-refractivity contribution in [1.29, 1.82) is 0 Å². The van der Waals surface area contributed by atoms with Crippen molar-refractivity contribution in [2.24, 2.45) is 0 Å². The van der Waals surface area contributed by atoms with Crippen molar-refractivity contribution in [2.45, 2.75) is 39.2 Å². The highest BCUT2D eigenvalue weighted by Crippen LogP contribution is 2.15. The Kier molecular flexibility index (Phi) is 6.42. The predicted octanol–water partition coefficient (Wildman–Crippen LogP) is 0.587. The van der Waals surface area contributed by atoms with Crippen LogP contribution in [0.5, 0.6) is 0 Å². The Morgan fingerprint density at radius 3 is 2.94 bits per heavy atom. The molecule has 0 aliphatic carbocycles. The Morgan fingerprint density at radius 2 is 2.25 bits per heavy atom.